The van der Waals surface area contributed by atoms with Gasteiger partial charge in [0.05, 0.1) is 0 Å². The quantitative estimate of drug-likeness (QED) is 0.575. The highest BCUT2D eigenvalue weighted by Gasteiger charge is 2.31. The molecule has 5 heteroatoms. The molecule has 1 heterocycles. The predicted molar refractivity (Wildman–Crippen MR) is 99.5 cm³/mol. The summed E-state index contributed by atoms with van der Waals surface area (Å²) in [4.78, 5) is 14.7. The normalized spacial score (nSPS) is 18.0. The number of rotatable bonds is 2. The number of halogens is 2. The largest absolute Gasteiger partial charge is 0.322 e. The van der Waals surface area contributed by atoms with E-state index in [2.05, 4.69) is 50.7 Å². The van der Waals surface area contributed by atoms with E-state index in [1.165, 1.54) is 5.56 Å². The lowest BCUT2D eigenvalue weighted by atomic mass is 10.1. The summed E-state index contributed by atoms with van der Waals surface area (Å²) in [5.41, 5.74) is 1.94. The molecule has 2 aromatic rings. The number of amides is 1. The van der Waals surface area contributed by atoms with E-state index in [1.807, 2.05) is 53.1 Å². The molecule has 1 saturated heterocycles. The maximum Gasteiger partial charge on any atom is 0.255 e. The molecule has 2 nitrogen and oxygen atoms in total. The van der Waals surface area contributed by atoms with Crippen molar-refractivity contribution in [2.24, 2.45) is 0 Å². The number of carbonyl (C=O) groups excluding carboxylic acids is 1. The number of hydrogen-bond acceptors (Lipinski definition) is 2. The molecule has 2 aromatic carbocycles. The molecule has 0 aromatic heterocycles. The fourth-order valence-electron chi connectivity index (χ4n) is 2.34. The Balaban J connectivity index is 1.85. The molecule has 108 valence electrons. The monoisotopic (exact) mass is 473 g/mol. The Hall–Kier alpha value is -0.530. The number of benzene rings is 2. The molecule has 1 amide bonds. The minimum Gasteiger partial charge on any atom is -0.322 e. The number of thioether (sulfide) groups is 1. The molecule has 1 atom stereocenters. The van der Waals surface area contributed by atoms with Gasteiger partial charge < -0.3 is 4.90 Å². The van der Waals surface area contributed by atoms with Crippen molar-refractivity contribution in [3.8, 4) is 0 Å². The van der Waals surface area contributed by atoms with Crippen LogP contribution in [0.15, 0.2) is 53.0 Å². The Labute approximate surface area is 150 Å². The van der Waals surface area contributed by atoms with Gasteiger partial charge in [0, 0.05) is 25.9 Å². The first kappa shape index (κ1) is 15.4. The summed E-state index contributed by atoms with van der Waals surface area (Å²) < 4.78 is 2.20. The Bertz CT molecular complexity index is 644. The Morgan fingerprint density at radius 2 is 1.81 bits per heavy atom. The molecule has 1 unspecified atom stereocenters. The molecule has 3 rings (SSSR count). The molecule has 1 aliphatic heterocycles. The molecule has 21 heavy (non-hydrogen) atoms. The van der Waals surface area contributed by atoms with Gasteiger partial charge in [-0.2, -0.15) is 0 Å². The minimum atomic E-state index is 0.115. The van der Waals surface area contributed by atoms with Crippen LogP contribution in [0, 0.1) is 3.57 Å². The highest BCUT2D eigenvalue weighted by Crippen LogP contribution is 2.39. The van der Waals surface area contributed by atoms with E-state index in [-0.39, 0.29) is 11.3 Å². The van der Waals surface area contributed by atoms with E-state index in [1.54, 1.807) is 0 Å². The highest BCUT2D eigenvalue weighted by atomic mass is 127. The van der Waals surface area contributed by atoms with Crippen molar-refractivity contribution < 1.29 is 4.79 Å². The third kappa shape index (κ3) is 3.46. The summed E-state index contributed by atoms with van der Waals surface area (Å²) in [6, 6.07) is 16.0. The van der Waals surface area contributed by atoms with Gasteiger partial charge in [0.1, 0.15) is 5.37 Å². The van der Waals surface area contributed by atoms with E-state index in [9.17, 15) is 4.79 Å². The van der Waals surface area contributed by atoms with Crippen molar-refractivity contribution in [2.45, 2.75) is 5.37 Å². The van der Waals surface area contributed by atoms with Crippen LogP contribution in [0.2, 0.25) is 0 Å². The first-order valence-corrected chi connectivity index (χ1v) is 9.51. The fourth-order valence-corrected chi connectivity index (χ4v) is 4.22. The Kier molecular flexibility index (Phi) is 4.91. The predicted octanol–water partition coefficient (Wildman–Crippen LogP) is 4.94. The second kappa shape index (κ2) is 6.71. The van der Waals surface area contributed by atoms with Gasteiger partial charge in [-0.3, -0.25) is 4.79 Å². The van der Waals surface area contributed by atoms with Gasteiger partial charge in [-0.1, -0.05) is 28.1 Å². The van der Waals surface area contributed by atoms with Crippen LogP contribution in [-0.4, -0.2) is 23.1 Å². The van der Waals surface area contributed by atoms with E-state index < -0.39 is 0 Å². The van der Waals surface area contributed by atoms with Crippen molar-refractivity contribution in [1.82, 2.24) is 4.90 Å². The van der Waals surface area contributed by atoms with Gasteiger partial charge in [0.25, 0.3) is 5.91 Å². The van der Waals surface area contributed by atoms with Gasteiger partial charge >= 0.3 is 0 Å². The zero-order valence-electron chi connectivity index (χ0n) is 11.1. The lowest BCUT2D eigenvalue weighted by Gasteiger charge is -2.24. The molecule has 0 spiro atoms. The molecule has 0 radical (unpaired) electrons. The molecule has 0 aliphatic carbocycles. The summed E-state index contributed by atoms with van der Waals surface area (Å²) in [5.74, 6) is 1.10. The van der Waals surface area contributed by atoms with Crippen LogP contribution in [0.4, 0.5) is 0 Å². The van der Waals surface area contributed by atoms with Gasteiger partial charge in [0.15, 0.2) is 0 Å². The SMILES string of the molecule is O=C(c1ccc(I)cc1)N1CCSC1c1ccc(Br)cc1. The first-order chi connectivity index (χ1) is 10.1. The van der Waals surface area contributed by atoms with Crippen molar-refractivity contribution in [3.05, 3.63) is 67.7 Å². The zero-order chi connectivity index (χ0) is 14.8. The second-order valence-corrected chi connectivity index (χ2v) is 8.13. The van der Waals surface area contributed by atoms with Crippen LogP contribution in [0.3, 0.4) is 0 Å². The Morgan fingerprint density at radius 1 is 1.14 bits per heavy atom. The van der Waals surface area contributed by atoms with Crippen LogP contribution >= 0.6 is 50.3 Å². The summed E-state index contributed by atoms with van der Waals surface area (Å²) in [5, 5.41) is 0.116. The van der Waals surface area contributed by atoms with Gasteiger partial charge in [-0.25, -0.2) is 0 Å². The van der Waals surface area contributed by atoms with Crippen molar-refractivity contribution in [3.63, 3.8) is 0 Å². The topological polar surface area (TPSA) is 20.3 Å². The summed E-state index contributed by atoms with van der Waals surface area (Å²) in [6.07, 6.45) is 0. The first-order valence-electron chi connectivity index (χ1n) is 6.59. The van der Waals surface area contributed by atoms with Crippen molar-refractivity contribution >= 4 is 56.2 Å². The molecular formula is C16H13BrINOS. The average molecular weight is 474 g/mol. The van der Waals surface area contributed by atoms with Crippen LogP contribution in [-0.2, 0) is 0 Å². The minimum absolute atomic E-state index is 0.115. The van der Waals surface area contributed by atoms with Crippen LogP contribution in [0.25, 0.3) is 0 Å². The molecular weight excluding hydrogens is 461 g/mol. The molecule has 1 aliphatic rings. The van der Waals surface area contributed by atoms with Gasteiger partial charge in [-0.15, -0.1) is 11.8 Å². The third-order valence-corrected chi connectivity index (χ3v) is 5.91. The van der Waals surface area contributed by atoms with Gasteiger partial charge in [-0.05, 0) is 64.6 Å². The molecule has 1 fully saturated rings. The molecule has 0 N–H and O–H groups in total. The van der Waals surface area contributed by atoms with Crippen molar-refractivity contribution in [1.29, 1.82) is 0 Å². The van der Waals surface area contributed by atoms with E-state index in [0.717, 1.165) is 25.9 Å². The van der Waals surface area contributed by atoms with Crippen LogP contribution in [0.5, 0.6) is 0 Å². The number of carbonyl (C=O) groups is 1. The smallest absolute Gasteiger partial charge is 0.255 e. The van der Waals surface area contributed by atoms with E-state index in [4.69, 9.17) is 0 Å². The standard InChI is InChI=1S/C16H13BrINOS/c17-13-5-1-12(2-6-13)16-19(9-10-21-16)15(20)11-3-7-14(18)8-4-11/h1-8,16H,9-10H2. The molecule has 0 bridgehead atoms. The van der Waals surface area contributed by atoms with E-state index >= 15 is 0 Å². The third-order valence-electron chi connectivity index (χ3n) is 3.40. The maximum atomic E-state index is 12.7. The number of nitrogens with zero attached hydrogens (tertiary/aromatic N) is 1. The lowest BCUT2D eigenvalue weighted by molar-refractivity contribution is 0.0760. The van der Waals surface area contributed by atoms with Gasteiger partial charge in [0.2, 0.25) is 0 Å². The molecule has 0 saturated carbocycles. The van der Waals surface area contributed by atoms with Crippen LogP contribution < -0.4 is 0 Å². The van der Waals surface area contributed by atoms with Crippen molar-refractivity contribution in [2.75, 3.05) is 12.3 Å². The summed E-state index contributed by atoms with van der Waals surface area (Å²) in [6.45, 7) is 0.802. The Morgan fingerprint density at radius 3 is 2.48 bits per heavy atom. The van der Waals surface area contributed by atoms with Crippen LogP contribution in [0.1, 0.15) is 21.3 Å². The zero-order valence-corrected chi connectivity index (χ0v) is 15.7. The average Bonchev–Trinajstić information content (AvgIpc) is 2.97. The van der Waals surface area contributed by atoms with E-state index in [0.29, 0.717) is 0 Å². The highest BCUT2D eigenvalue weighted by molar-refractivity contribution is 14.1. The second-order valence-electron chi connectivity index (χ2n) is 4.78. The summed E-state index contributed by atoms with van der Waals surface area (Å²) in [7, 11) is 0. The fraction of sp³-hybridized carbons (Fsp3) is 0.188. The maximum absolute atomic E-state index is 12.7. The lowest BCUT2D eigenvalue weighted by Crippen LogP contribution is -2.30. The summed E-state index contributed by atoms with van der Waals surface area (Å²) >= 11 is 7.53. The number of hydrogen-bond donors (Lipinski definition) is 0.